The van der Waals surface area contributed by atoms with Crippen LogP contribution in [0.25, 0.3) is 6.08 Å². The van der Waals surface area contributed by atoms with Gasteiger partial charge in [0.05, 0.1) is 18.6 Å². The maximum atomic E-state index is 12.6. The Morgan fingerprint density at radius 3 is 2.70 bits per heavy atom. The number of amides is 1. The van der Waals surface area contributed by atoms with Crippen LogP contribution in [0.3, 0.4) is 0 Å². The van der Waals surface area contributed by atoms with Gasteiger partial charge in [-0.25, -0.2) is 0 Å². The van der Waals surface area contributed by atoms with Crippen molar-refractivity contribution in [1.82, 2.24) is 24.6 Å². The smallest absolute Gasteiger partial charge is 0.233 e. The van der Waals surface area contributed by atoms with Crippen molar-refractivity contribution >= 4 is 23.7 Å². The first-order chi connectivity index (χ1) is 14.8. The van der Waals surface area contributed by atoms with Crippen LogP contribution >= 0.6 is 11.8 Å². The Kier molecular flexibility index (Phi) is 6.99. The van der Waals surface area contributed by atoms with Gasteiger partial charge >= 0.3 is 0 Å². The van der Waals surface area contributed by atoms with E-state index in [1.54, 1.807) is 12.6 Å². The van der Waals surface area contributed by atoms with E-state index in [0.29, 0.717) is 12.3 Å². The number of nitrogens with zero attached hydrogens (tertiary/aromatic N) is 5. The summed E-state index contributed by atoms with van der Waals surface area (Å²) in [6.07, 6.45) is 7.64. The second-order valence-corrected chi connectivity index (χ2v) is 8.05. The Balaban J connectivity index is 1.20. The summed E-state index contributed by atoms with van der Waals surface area (Å²) in [6, 6.07) is 14.1. The van der Waals surface area contributed by atoms with Crippen LogP contribution in [-0.2, 0) is 11.3 Å². The fraction of sp³-hybridized carbons (Fsp3) is 0.318. The van der Waals surface area contributed by atoms with Gasteiger partial charge in [-0.05, 0) is 17.7 Å². The molecule has 0 saturated carbocycles. The zero-order chi connectivity index (χ0) is 20.6. The van der Waals surface area contributed by atoms with E-state index in [4.69, 9.17) is 4.42 Å². The molecule has 30 heavy (non-hydrogen) atoms. The molecule has 0 N–H and O–H groups in total. The molecule has 156 valence electrons. The number of piperazine rings is 1. The summed E-state index contributed by atoms with van der Waals surface area (Å²) >= 11 is 1.42. The van der Waals surface area contributed by atoms with Gasteiger partial charge < -0.3 is 13.9 Å². The van der Waals surface area contributed by atoms with Crippen LogP contribution in [-0.4, -0.2) is 68.9 Å². The molecule has 1 aliphatic heterocycles. The van der Waals surface area contributed by atoms with Crippen LogP contribution in [0.5, 0.6) is 0 Å². The largest absolute Gasteiger partial charge is 0.467 e. The molecule has 4 rings (SSSR count). The predicted molar refractivity (Wildman–Crippen MR) is 117 cm³/mol. The number of furan rings is 1. The van der Waals surface area contributed by atoms with E-state index in [9.17, 15) is 4.79 Å². The third kappa shape index (κ3) is 5.61. The molecule has 7 nitrogen and oxygen atoms in total. The summed E-state index contributed by atoms with van der Waals surface area (Å²) in [7, 11) is 0. The molecule has 0 bridgehead atoms. The van der Waals surface area contributed by atoms with Crippen LogP contribution in [0.4, 0.5) is 0 Å². The van der Waals surface area contributed by atoms with Crippen molar-refractivity contribution in [3.05, 3.63) is 72.5 Å². The SMILES string of the molecule is O=C(CSc1nncn1Cc1ccco1)N1CCN(C/C=C/c2ccccc2)CC1. The number of rotatable bonds is 8. The highest BCUT2D eigenvalue weighted by atomic mass is 32.2. The quantitative estimate of drug-likeness (QED) is 0.519. The number of carbonyl (C=O) groups excluding carboxylic acids is 1. The second-order valence-electron chi connectivity index (χ2n) is 7.10. The first-order valence-corrected chi connectivity index (χ1v) is 11.0. The fourth-order valence-electron chi connectivity index (χ4n) is 3.33. The molecule has 3 heterocycles. The number of carbonyl (C=O) groups is 1. The Morgan fingerprint density at radius 1 is 1.10 bits per heavy atom. The molecule has 1 aliphatic rings. The zero-order valence-electron chi connectivity index (χ0n) is 16.8. The summed E-state index contributed by atoms with van der Waals surface area (Å²) < 4.78 is 7.27. The van der Waals surface area contributed by atoms with Gasteiger partial charge in [0, 0.05) is 32.7 Å². The lowest BCUT2D eigenvalue weighted by Crippen LogP contribution is -2.49. The number of hydrogen-bond donors (Lipinski definition) is 0. The minimum atomic E-state index is 0.145. The monoisotopic (exact) mass is 423 g/mol. The third-order valence-corrected chi connectivity index (χ3v) is 5.98. The van der Waals surface area contributed by atoms with E-state index in [2.05, 4.69) is 39.4 Å². The van der Waals surface area contributed by atoms with E-state index >= 15 is 0 Å². The lowest BCUT2D eigenvalue weighted by Gasteiger charge is -2.34. The zero-order valence-corrected chi connectivity index (χ0v) is 17.6. The van der Waals surface area contributed by atoms with Crippen LogP contribution in [0, 0.1) is 0 Å². The molecule has 0 atom stereocenters. The van der Waals surface area contributed by atoms with Crippen molar-refractivity contribution in [2.45, 2.75) is 11.7 Å². The van der Waals surface area contributed by atoms with Gasteiger partial charge in [0.2, 0.25) is 5.91 Å². The maximum Gasteiger partial charge on any atom is 0.233 e. The third-order valence-electron chi connectivity index (χ3n) is 5.01. The molecular formula is C22H25N5O2S. The topological polar surface area (TPSA) is 67.4 Å². The Morgan fingerprint density at radius 2 is 1.93 bits per heavy atom. The molecule has 0 unspecified atom stereocenters. The van der Waals surface area contributed by atoms with Crippen LogP contribution in [0.15, 0.2) is 70.7 Å². The molecule has 0 radical (unpaired) electrons. The van der Waals surface area contributed by atoms with Gasteiger partial charge in [0.15, 0.2) is 5.16 Å². The summed E-state index contributed by atoms with van der Waals surface area (Å²) in [5.74, 6) is 1.34. The minimum Gasteiger partial charge on any atom is -0.467 e. The molecule has 2 aromatic heterocycles. The van der Waals surface area contributed by atoms with E-state index < -0.39 is 0 Å². The molecule has 0 aliphatic carbocycles. The molecule has 0 spiro atoms. The summed E-state index contributed by atoms with van der Waals surface area (Å²) in [5, 5.41) is 8.82. The van der Waals surface area contributed by atoms with Crippen LogP contribution < -0.4 is 0 Å². The minimum absolute atomic E-state index is 0.145. The van der Waals surface area contributed by atoms with Crippen molar-refractivity contribution in [3.8, 4) is 0 Å². The lowest BCUT2D eigenvalue weighted by atomic mass is 10.2. The maximum absolute atomic E-state index is 12.6. The van der Waals surface area contributed by atoms with Gasteiger partial charge in [-0.1, -0.05) is 54.2 Å². The van der Waals surface area contributed by atoms with Crippen LogP contribution in [0.1, 0.15) is 11.3 Å². The van der Waals surface area contributed by atoms with Gasteiger partial charge in [-0.15, -0.1) is 10.2 Å². The number of thioether (sulfide) groups is 1. The highest BCUT2D eigenvalue weighted by Gasteiger charge is 2.21. The van der Waals surface area contributed by atoms with Gasteiger partial charge in [0.1, 0.15) is 12.1 Å². The van der Waals surface area contributed by atoms with Crippen molar-refractivity contribution in [3.63, 3.8) is 0 Å². The average Bonchev–Trinajstić information content (AvgIpc) is 3.46. The highest BCUT2D eigenvalue weighted by molar-refractivity contribution is 7.99. The molecule has 1 amide bonds. The average molecular weight is 424 g/mol. The predicted octanol–water partition coefficient (Wildman–Crippen LogP) is 2.87. The van der Waals surface area contributed by atoms with E-state index in [1.807, 2.05) is 39.8 Å². The molecule has 1 saturated heterocycles. The Bertz CT molecular complexity index is 947. The van der Waals surface area contributed by atoms with Crippen molar-refractivity contribution in [2.75, 3.05) is 38.5 Å². The number of benzene rings is 1. The molecule has 3 aromatic rings. The first kappa shape index (κ1) is 20.4. The van der Waals surface area contributed by atoms with Gasteiger partial charge in [0.25, 0.3) is 0 Å². The van der Waals surface area contributed by atoms with Crippen molar-refractivity contribution in [2.24, 2.45) is 0 Å². The van der Waals surface area contributed by atoms with E-state index in [-0.39, 0.29) is 5.91 Å². The normalized spacial score (nSPS) is 15.1. The molecule has 1 aromatic carbocycles. The van der Waals surface area contributed by atoms with Gasteiger partial charge in [-0.2, -0.15) is 0 Å². The number of hydrogen-bond acceptors (Lipinski definition) is 6. The number of aromatic nitrogens is 3. The second kappa shape index (κ2) is 10.3. The Hall–Kier alpha value is -2.84. The molecule has 1 fully saturated rings. The van der Waals surface area contributed by atoms with Crippen molar-refractivity contribution in [1.29, 1.82) is 0 Å². The molecular weight excluding hydrogens is 398 g/mol. The summed E-state index contributed by atoms with van der Waals surface area (Å²) in [6.45, 7) is 4.77. The summed E-state index contributed by atoms with van der Waals surface area (Å²) in [4.78, 5) is 16.9. The van der Waals surface area contributed by atoms with Gasteiger partial charge in [-0.3, -0.25) is 9.69 Å². The van der Waals surface area contributed by atoms with Crippen LogP contribution in [0.2, 0.25) is 0 Å². The molecule has 8 heteroatoms. The van der Waals surface area contributed by atoms with E-state index in [0.717, 1.165) is 43.6 Å². The summed E-state index contributed by atoms with van der Waals surface area (Å²) in [5.41, 5.74) is 1.21. The van der Waals surface area contributed by atoms with E-state index in [1.165, 1.54) is 17.3 Å². The first-order valence-electron chi connectivity index (χ1n) is 10.0. The lowest BCUT2D eigenvalue weighted by molar-refractivity contribution is -0.130. The fourth-order valence-corrected chi connectivity index (χ4v) is 4.15. The standard InChI is InChI=1S/C22H25N5O2S/c28-21(17-30-22-24-23-18-27(22)16-20-9-5-15-29-20)26-13-11-25(12-14-26)10-4-8-19-6-2-1-3-7-19/h1-9,15,18H,10-14,16-17H2/b8-4+. The van der Waals surface area contributed by atoms with Crippen molar-refractivity contribution < 1.29 is 9.21 Å². The highest BCUT2D eigenvalue weighted by Crippen LogP contribution is 2.17. The Labute approximate surface area is 180 Å².